The zero-order chi connectivity index (χ0) is 16.3. The number of para-hydroxylation sites is 1. The standard InChI is InChI=1S/C19H19NO3/c1-2-9-16(21)19(17(23-19)14-10-5-3-6-11-14)18(22)20-15-12-7-4-8-13-15/h3-8,10-13,17H,2,9H2,1H3,(H,20,22). The first-order valence-corrected chi connectivity index (χ1v) is 7.81. The molecule has 0 saturated carbocycles. The smallest absolute Gasteiger partial charge is 0.267 e. The van der Waals surface area contributed by atoms with E-state index in [2.05, 4.69) is 5.32 Å². The molecule has 1 aliphatic heterocycles. The van der Waals surface area contributed by atoms with E-state index in [0.717, 1.165) is 5.56 Å². The monoisotopic (exact) mass is 309 g/mol. The molecular weight excluding hydrogens is 290 g/mol. The normalized spacial score (nSPS) is 22.4. The molecule has 23 heavy (non-hydrogen) atoms. The van der Waals surface area contributed by atoms with Gasteiger partial charge in [-0.2, -0.15) is 0 Å². The summed E-state index contributed by atoms with van der Waals surface area (Å²) in [6, 6.07) is 18.5. The summed E-state index contributed by atoms with van der Waals surface area (Å²) in [6.07, 6.45) is 0.502. The van der Waals surface area contributed by atoms with Gasteiger partial charge < -0.3 is 10.1 Å². The van der Waals surface area contributed by atoms with Crippen LogP contribution >= 0.6 is 0 Å². The first kappa shape index (κ1) is 15.4. The second kappa shape index (κ2) is 6.34. The third-order valence-electron chi connectivity index (χ3n) is 3.98. The van der Waals surface area contributed by atoms with Crippen LogP contribution in [0.15, 0.2) is 60.7 Å². The minimum Gasteiger partial charge on any atom is -0.343 e. The van der Waals surface area contributed by atoms with Crippen molar-refractivity contribution in [3.8, 4) is 0 Å². The maximum absolute atomic E-state index is 12.7. The molecule has 4 heteroatoms. The Morgan fingerprint density at radius 2 is 1.65 bits per heavy atom. The Bertz CT molecular complexity index is 699. The summed E-state index contributed by atoms with van der Waals surface area (Å²) >= 11 is 0. The van der Waals surface area contributed by atoms with Crippen molar-refractivity contribution in [1.82, 2.24) is 0 Å². The highest BCUT2D eigenvalue weighted by molar-refractivity contribution is 6.17. The number of anilines is 1. The van der Waals surface area contributed by atoms with Gasteiger partial charge in [0.05, 0.1) is 0 Å². The number of rotatable bonds is 6. The fourth-order valence-electron chi connectivity index (χ4n) is 2.75. The number of nitrogens with one attached hydrogen (secondary N) is 1. The molecule has 1 heterocycles. The molecule has 0 spiro atoms. The summed E-state index contributed by atoms with van der Waals surface area (Å²) < 4.78 is 5.68. The Balaban J connectivity index is 1.86. The number of hydrogen-bond donors (Lipinski definition) is 1. The van der Waals surface area contributed by atoms with Crippen LogP contribution in [0.2, 0.25) is 0 Å². The zero-order valence-corrected chi connectivity index (χ0v) is 13.0. The second-order valence-corrected chi connectivity index (χ2v) is 5.64. The molecule has 1 amide bonds. The average Bonchev–Trinajstić information content (AvgIpc) is 3.34. The second-order valence-electron chi connectivity index (χ2n) is 5.64. The van der Waals surface area contributed by atoms with Crippen LogP contribution in [-0.2, 0) is 14.3 Å². The largest absolute Gasteiger partial charge is 0.343 e. The number of ether oxygens (including phenoxy) is 1. The van der Waals surface area contributed by atoms with Crippen LogP contribution in [0, 0.1) is 0 Å². The summed E-state index contributed by atoms with van der Waals surface area (Å²) in [5, 5.41) is 2.80. The lowest BCUT2D eigenvalue weighted by molar-refractivity contribution is -0.133. The van der Waals surface area contributed by atoms with E-state index >= 15 is 0 Å². The number of carbonyl (C=O) groups is 2. The first-order chi connectivity index (χ1) is 11.2. The first-order valence-electron chi connectivity index (χ1n) is 7.81. The molecule has 0 radical (unpaired) electrons. The molecule has 4 nitrogen and oxygen atoms in total. The van der Waals surface area contributed by atoms with E-state index in [9.17, 15) is 9.59 Å². The van der Waals surface area contributed by atoms with Gasteiger partial charge in [0.2, 0.25) is 5.60 Å². The Hall–Kier alpha value is -2.46. The number of hydrogen-bond acceptors (Lipinski definition) is 3. The van der Waals surface area contributed by atoms with E-state index in [1.54, 1.807) is 12.1 Å². The molecule has 2 atom stereocenters. The van der Waals surface area contributed by atoms with Gasteiger partial charge in [-0.25, -0.2) is 0 Å². The van der Waals surface area contributed by atoms with Gasteiger partial charge in [0.25, 0.3) is 5.91 Å². The Morgan fingerprint density at radius 1 is 1.04 bits per heavy atom. The quantitative estimate of drug-likeness (QED) is 0.656. The fraction of sp³-hybridized carbons (Fsp3) is 0.263. The number of carbonyl (C=O) groups excluding carboxylic acids is 2. The van der Waals surface area contributed by atoms with E-state index in [1.807, 2.05) is 55.5 Å². The maximum atomic E-state index is 12.7. The summed E-state index contributed by atoms with van der Waals surface area (Å²) in [4.78, 5) is 25.3. The lowest BCUT2D eigenvalue weighted by Gasteiger charge is -2.12. The molecule has 2 aromatic carbocycles. The molecular formula is C19H19NO3. The third kappa shape index (κ3) is 2.90. The van der Waals surface area contributed by atoms with E-state index < -0.39 is 17.6 Å². The highest BCUT2D eigenvalue weighted by Gasteiger charge is 2.67. The van der Waals surface area contributed by atoms with Crippen LogP contribution in [0.25, 0.3) is 0 Å². The minimum absolute atomic E-state index is 0.165. The SMILES string of the molecule is CCCC(=O)C1(C(=O)Nc2ccccc2)OC1c1ccccc1. The van der Waals surface area contributed by atoms with Crippen LogP contribution in [0.4, 0.5) is 5.69 Å². The lowest BCUT2D eigenvalue weighted by atomic mass is 9.91. The highest BCUT2D eigenvalue weighted by Crippen LogP contribution is 2.51. The van der Waals surface area contributed by atoms with Crippen LogP contribution in [0.3, 0.4) is 0 Å². The van der Waals surface area contributed by atoms with E-state index in [4.69, 9.17) is 4.74 Å². The minimum atomic E-state index is -1.40. The van der Waals surface area contributed by atoms with Crippen LogP contribution in [-0.4, -0.2) is 17.3 Å². The Labute approximate surface area is 135 Å². The molecule has 1 fully saturated rings. The van der Waals surface area contributed by atoms with Gasteiger partial charge in [-0.1, -0.05) is 55.5 Å². The topological polar surface area (TPSA) is 58.7 Å². The van der Waals surface area contributed by atoms with E-state index in [1.165, 1.54) is 0 Å². The van der Waals surface area contributed by atoms with E-state index in [0.29, 0.717) is 18.5 Å². The van der Waals surface area contributed by atoms with Crippen LogP contribution in [0.5, 0.6) is 0 Å². The van der Waals surface area contributed by atoms with Gasteiger partial charge in [-0.3, -0.25) is 9.59 Å². The van der Waals surface area contributed by atoms with Gasteiger partial charge in [0, 0.05) is 12.1 Å². The van der Waals surface area contributed by atoms with Crippen molar-refractivity contribution < 1.29 is 14.3 Å². The van der Waals surface area contributed by atoms with Gasteiger partial charge in [-0.15, -0.1) is 0 Å². The zero-order valence-electron chi connectivity index (χ0n) is 13.0. The van der Waals surface area contributed by atoms with Crippen molar-refractivity contribution in [3.05, 3.63) is 66.2 Å². The number of ketones is 1. The van der Waals surface area contributed by atoms with Crippen molar-refractivity contribution in [1.29, 1.82) is 0 Å². The fourth-order valence-corrected chi connectivity index (χ4v) is 2.75. The number of benzene rings is 2. The number of amides is 1. The van der Waals surface area contributed by atoms with Gasteiger partial charge in [-0.05, 0) is 24.1 Å². The van der Waals surface area contributed by atoms with Gasteiger partial charge in [0.15, 0.2) is 5.78 Å². The number of Topliss-reactive ketones (excluding diaryl/α,β-unsaturated/α-hetero) is 1. The molecule has 0 aromatic heterocycles. The molecule has 2 unspecified atom stereocenters. The predicted molar refractivity (Wildman–Crippen MR) is 88.0 cm³/mol. The molecule has 1 N–H and O–H groups in total. The van der Waals surface area contributed by atoms with Crippen molar-refractivity contribution in [2.75, 3.05) is 5.32 Å². The van der Waals surface area contributed by atoms with Gasteiger partial charge >= 0.3 is 0 Å². The van der Waals surface area contributed by atoms with Crippen molar-refractivity contribution >= 4 is 17.4 Å². The molecule has 1 saturated heterocycles. The molecule has 0 bridgehead atoms. The lowest BCUT2D eigenvalue weighted by Crippen LogP contribution is -2.39. The Kier molecular flexibility index (Phi) is 4.26. The summed E-state index contributed by atoms with van der Waals surface area (Å²) in [5.74, 6) is -0.557. The summed E-state index contributed by atoms with van der Waals surface area (Å²) in [6.45, 7) is 1.92. The van der Waals surface area contributed by atoms with Gasteiger partial charge in [0.1, 0.15) is 6.10 Å². The maximum Gasteiger partial charge on any atom is 0.267 e. The summed E-state index contributed by atoms with van der Waals surface area (Å²) in [5.41, 5.74) is 0.108. The molecule has 3 rings (SSSR count). The highest BCUT2D eigenvalue weighted by atomic mass is 16.6. The van der Waals surface area contributed by atoms with Crippen molar-refractivity contribution in [3.63, 3.8) is 0 Å². The van der Waals surface area contributed by atoms with Crippen molar-refractivity contribution in [2.45, 2.75) is 31.5 Å². The molecule has 118 valence electrons. The molecule has 0 aliphatic carbocycles. The molecule has 2 aromatic rings. The average molecular weight is 309 g/mol. The number of epoxide rings is 1. The predicted octanol–water partition coefficient (Wildman–Crippen LogP) is 3.50. The molecule has 1 aliphatic rings. The van der Waals surface area contributed by atoms with Crippen LogP contribution < -0.4 is 5.32 Å². The van der Waals surface area contributed by atoms with Crippen LogP contribution in [0.1, 0.15) is 31.4 Å². The summed E-state index contributed by atoms with van der Waals surface area (Å²) in [7, 11) is 0. The Morgan fingerprint density at radius 3 is 2.26 bits per heavy atom. The van der Waals surface area contributed by atoms with E-state index in [-0.39, 0.29) is 5.78 Å². The third-order valence-corrected chi connectivity index (χ3v) is 3.98. The van der Waals surface area contributed by atoms with Crippen molar-refractivity contribution in [2.24, 2.45) is 0 Å².